The molecule has 0 rings (SSSR count). The first-order chi connectivity index (χ1) is 5.99. The predicted molar refractivity (Wildman–Crippen MR) is 60.6 cm³/mol. The molecular formula is C12H25N. The minimum Gasteiger partial charge on any atom is -0.327 e. The van der Waals surface area contributed by atoms with Crippen LogP contribution in [0.1, 0.15) is 41.0 Å². The van der Waals surface area contributed by atoms with Crippen LogP contribution in [0.3, 0.4) is 0 Å². The third-order valence-electron chi connectivity index (χ3n) is 2.92. The Hall–Kier alpha value is -0.300. The zero-order valence-electron chi connectivity index (χ0n) is 9.75. The molecule has 0 fully saturated rings. The molecule has 13 heavy (non-hydrogen) atoms. The molecule has 3 unspecified atom stereocenters. The van der Waals surface area contributed by atoms with E-state index in [9.17, 15) is 0 Å². The molecule has 0 aromatic heterocycles. The lowest BCUT2D eigenvalue weighted by atomic mass is 9.93. The van der Waals surface area contributed by atoms with E-state index >= 15 is 0 Å². The molecule has 78 valence electrons. The summed E-state index contributed by atoms with van der Waals surface area (Å²) in [6, 6.07) is 0.315. The Morgan fingerprint density at radius 1 is 1.00 bits per heavy atom. The van der Waals surface area contributed by atoms with Crippen molar-refractivity contribution in [3.8, 4) is 0 Å². The summed E-state index contributed by atoms with van der Waals surface area (Å²) < 4.78 is 0. The molecular weight excluding hydrogens is 158 g/mol. The Balaban J connectivity index is 3.96. The zero-order valence-corrected chi connectivity index (χ0v) is 9.75. The Labute approximate surface area is 83.4 Å². The Bertz CT molecular complexity index is 149. The smallest absolute Gasteiger partial charge is 0.00966 e. The molecule has 2 N–H and O–H groups in total. The highest BCUT2D eigenvalue weighted by atomic mass is 14.6. The van der Waals surface area contributed by atoms with Gasteiger partial charge in [0.05, 0.1) is 0 Å². The molecule has 0 aliphatic carbocycles. The van der Waals surface area contributed by atoms with E-state index in [1.165, 1.54) is 0 Å². The topological polar surface area (TPSA) is 26.0 Å². The predicted octanol–water partition coefficient (Wildman–Crippen LogP) is 3.21. The maximum Gasteiger partial charge on any atom is 0.00966 e. The molecule has 0 aromatic carbocycles. The van der Waals surface area contributed by atoms with E-state index in [-0.39, 0.29) is 0 Å². The molecule has 0 radical (unpaired) electrons. The second-order valence-electron chi connectivity index (χ2n) is 4.42. The van der Waals surface area contributed by atoms with Crippen LogP contribution in [0.4, 0.5) is 0 Å². The molecule has 0 saturated heterocycles. The summed E-state index contributed by atoms with van der Waals surface area (Å²) in [6.07, 6.45) is 5.62. The van der Waals surface area contributed by atoms with E-state index in [0.717, 1.165) is 12.3 Å². The van der Waals surface area contributed by atoms with Crippen LogP contribution in [0.25, 0.3) is 0 Å². The van der Waals surface area contributed by atoms with Gasteiger partial charge in [0.1, 0.15) is 0 Å². The van der Waals surface area contributed by atoms with E-state index in [0.29, 0.717) is 17.9 Å². The summed E-state index contributed by atoms with van der Waals surface area (Å²) in [4.78, 5) is 0. The molecule has 3 atom stereocenters. The summed E-state index contributed by atoms with van der Waals surface area (Å²) in [5.41, 5.74) is 5.93. The van der Waals surface area contributed by atoms with Crippen molar-refractivity contribution >= 4 is 0 Å². The van der Waals surface area contributed by atoms with Gasteiger partial charge in [-0.1, -0.05) is 46.8 Å². The van der Waals surface area contributed by atoms with Gasteiger partial charge in [-0.2, -0.15) is 0 Å². The fourth-order valence-electron chi connectivity index (χ4n) is 1.09. The first-order valence-electron chi connectivity index (χ1n) is 5.42. The molecule has 0 aliphatic rings. The lowest BCUT2D eigenvalue weighted by Gasteiger charge is -2.16. The Kier molecular flexibility index (Phi) is 6.06. The number of hydrogen-bond donors (Lipinski definition) is 1. The minimum atomic E-state index is 0.315. The van der Waals surface area contributed by atoms with Gasteiger partial charge >= 0.3 is 0 Å². The van der Waals surface area contributed by atoms with Gasteiger partial charge in [0, 0.05) is 6.04 Å². The van der Waals surface area contributed by atoms with Crippen molar-refractivity contribution < 1.29 is 0 Å². The Morgan fingerprint density at radius 2 is 1.46 bits per heavy atom. The minimum absolute atomic E-state index is 0.315. The van der Waals surface area contributed by atoms with E-state index in [1.807, 2.05) is 0 Å². The third-order valence-corrected chi connectivity index (χ3v) is 2.92. The molecule has 0 spiro atoms. The largest absolute Gasteiger partial charge is 0.327 e. The fourth-order valence-corrected chi connectivity index (χ4v) is 1.09. The normalized spacial score (nSPS) is 19.3. The average molecular weight is 183 g/mol. The van der Waals surface area contributed by atoms with Crippen LogP contribution in [0, 0.1) is 17.8 Å². The van der Waals surface area contributed by atoms with Gasteiger partial charge in [-0.25, -0.2) is 0 Å². The van der Waals surface area contributed by atoms with Crippen molar-refractivity contribution in [3.05, 3.63) is 12.2 Å². The highest BCUT2D eigenvalue weighted by Gasteiger charge is 2.08. The monoisotopic (exact) mass is 183 g/mol. The van der Waals surface area contributed by atoms with Crippen molar-refractivity contribution in [2.45, 2.75) is 47.1 Å². The molecule has 1 nitrogen and oxygen atoms in total. The molecule has 0 bridgehead atoms. The van der Waals surface area contributed by atoms with Gasteiger partial charge in [-0.15, -0.1) is 0 Å². The zero-order chi connectivity index (χ0) is 10.4. The molecule has 0 heterocycles. The second kappa shape index (κ2) is 6.20. The molecule has 0 amide bonds. The van der Waals surface area contributed by atoms with Crippen molar-refractivity contribution in [1.29, 1.82) is 0 Å². The third kappa shape index (κ3) is 5.09. The van der Waals surface area contributed by atoms with Crippen molar-refractivity contribution in [2.24, 2.45) is 23.5 Å². The van der Waals surface area contributed by atoms with Gasteiger partial charge < -0.3 is 5.73 Å². The molecule has 0 aliphatic heterocycles. The van der Waals surface area contributed by atoms with Crippen LogP contribution in [0.15, 0.2) is 12.2 Å². The summed E-state index contributed by atoms with van der Waals surface area (Å²) in [6.45, 7) is 11.1. The molecule has 1 heteroatoms. The van der Waals surface area contributed by atoms with Gasteiger partial charge in [0.25, 0.3) is 0 Å². The van der Waals surface area contributed by atoms with Crippen molar-refractivity contribution in [2.75, 3.05) is 0 Å². The average Bonchev–Trinajstić information content (AvgIpc) is 2.11. The van der Waals surface area contributed by atoms with Gasteiger partial charge in [0.2, 0.25) is 0 Å². The van der Waals surface area contributed by atoms with E-state index in [1.54, 1.807) is 0 Å². The summed E-state index contributed by atoms with van der Waals surface area (Å²) in [5.74, 6) is 1.89. The van der Waals surface area contributed by atoms with Crippen LogP contribution in [-0.4, -0.2) is 6.04 Å². The lowest BCUT2D eigenvalue weighted by Crippen LogP contribution is -2.25. The molecule has 0 saturated carbocycles. The standard InChI is InChI=1S/C12H25N/c1-6-12(13)11(5)8-7-10(4)9(2)3/h7-12H,6,13H2,1-5H3/b8-7+. The van der Waals surface area contributed by atoms with Gasteiger partial charge in [-0.3, -0.25) is 0 Å². The highest BCUT2D eigenvalue weighted by molar-refractivity contribution is 4.94. The Morgan fingerprint density at radius 3 is 1.85 bits per heavy atom. The number of hydrogen-bond acceptors (Lipinski definition) is 1. The summed E-state index contributed by atoms with van der Waals surface area (Å²) >= 11 is 0. The van der Waals surface area contributed by atoms with Crippen molar-refractivity contribution in [3.63, 3.8) is 0 Å². The quantitative estimate of drug-likeness (QED) is 0.651. The van der Waals surface area contributed by atoms with Crippen LogP contribution in [-0.2, 0) is 0 Å². The fraction of sp³-hybridized carbons (Fsp3) is 0.833. The van der Waals surface area contributed by atoms with Crippen LogP contribution < -0.4 is 5.73 Å². The number of rotatable bonds is 5. The van der Waals surface area contributed by atoms with Crippen LogP contribution >= 0.6 is 0 Å². The number of nitrogens with two attached hydrogens (primary N) is 1. The maximum absolute atomic E-state index is 5.93. The maximum atomic E-state index is 5.93. The SMILES string of the molecule is CCC(N)C(C)/C=C/C(C)C(C)C. The first kappa shape index (κ1) is 12.7. The lowest BCUT2D eigenvalue weighted by molar-refractivity contribution is 0.488. The van der Waals surface area contributed by atoms with Crippen molar-refractivity contribution in [1.82, 2.24) is 0 Å². The number of allylic oxidation sites excluding steroid dienone is 1. The first-order valence-corrected chi connectivity index (χ1v) is 5.42. The summed E-state index contributed by atoms with van der Waals surface area (Å²) in [7, 11) is 0. The van der Waals surface area contributed by atoms with E-state index < -0.39 is 0 Å². The summed E-state index contributed by atoms with van der Waals surface area (Å²) in [5, 5.41) is 0. The highest BCUT2D eigenvalue weighted by Crippen LogP contribution is 2.14. The molecule has 0 aromatic rings. The van der Waals surface area contributed by atoms with Gasteiger partial charge in [-0.05, 0) is 24.2 Å². The van der Waals surface area contributed by atoms with E-state index in [2.05, 4.69) is 46.8 Å². The van der Waals surface area contributed by atoms with Crippen LogP contribution in [0.5, 0.6) is 0 Å². The van der Waals surface area contributed by atoms with Gasteiger partial charge in [0.15, 0.2) is 0 Å². The second-order valence-corrected chi connectivity index (χ2v) is 4.42. The van der Waals surface area contributed by atoms with Crippen LogP contribution in [0.2, 0.25) is 0 Å². The van der Waals surface area contributed by atoms with E-state index in [4.69, 9.17) is 5.73 Å².